The van der Waals surface area contributed by atoms with Gasteiger partial charge in [0.25, 0.3) is 0 Å². The van der Waals surface area contributed by atoms with E-state index >= 15 is 0 Å². The van der Waals surface area contributed by atoms with Gasteiger partial charge in [-0.1, -0.05) is 13.8 Å². The van der Waals surface area contributed by atoms with Gasteiger partial charge in [0.15, 0.2) is 5.69 Å². The van der Waals surface area contributed by atoms with Crippen molar-refractivity contribution in [2.75, 3.05) is 5.32 Å². The summed E-state index contributed by atoms with van der Waals surface area (Å²) in [6.07, 6.45) is -1.77. The van der Waals surface area contributed by atoms with Crippen LogP contribution in [0.2, 0.25) is 0 Å². The number of hydrogen-bond acceptors (Lipinski definition) is 5. The van der Waals surface area contributed by atoms with Crippen molar-refractivity contribution in [3.8, 4) is 0 Å². The van der Waals surface area contributed by atoms with Gasteiger partial charge in [-0.2, -0.15) is 13.2 Å². The minimum atomic E-state index is -4.46. The molecule has 4 nitrogen and oxygen atoms in total. The number of hydrogen-bond donors (Lipinski definition) is 1. The number of rotatable bonds is 5. The van der Waals surface area contributed by atoms with Gasteiger partial charge in [0.05, 0.1) is 11.6 Å². The molecular formula is C13H15F3N4S. The topological polar surface area (TPSA) is 50.7 Å². The molecule has 0 radical (unpaired) electrons. The van der Waals surface area contributed by atoms with E-state index < -0.39 is 11.9 Å². The summed E-state index contributed by atoms with van der Waals surface area (Å²) >= 11 is 1.59. The van der Waals surface area contributed by atoms with Crippen LogP contribution in [0.3, 0.4) is 0 Å². The molecule has 0 aromatic carbocycles. The Labute approximate surface area is 124 Å². The van der Waals surface area contributed by atoms with Crippen molar-refractivity contribution in [2.24, 2.45) is 5.92 Å². The Bertz CT molecular complexity index is 578. The molecule has 2 aromatic rings. The summed E-state index contributed by atoms with van der Waals surface area (Å²) in [7, 11) is 0. The second kappa shape index (κ2) is 6.38. The van der Waals surface area contributed by atoms with E-state index in [4.69, 9.17) is 0 Å². The van der Waals surface area contributed by atoms with E-state index in [2.05, 4.69) is 34.3 Å². The molecule has 114 valence electrons. The highest BCUT2D eigenvalue weighted by Gasteiger charge is 2.32. The fourth-order valence-electron chi connectivity index (χ4n) is 1.63. The molecule has 2 heterocycles. The monoisotopic (exact) mass is 316 g/mol. The SMILES string of the molecule is CC(C)Cc1ncc(CNc2ccc(C(F)(F)F)nn2)s1. The standard InChI is InChI=1S/C13H15F3N4S/c1-8(2)5-12-18-7-9(21-12)6-17-11-4-3-10(19-20-11)13(14,15)16/h3-4,7-8H,5-6H2,1-2H3,(H,17,20). The lowest BCUT2D eigenvalue weighted by molar-refractivity contribution is -0.141. The quantitative estimate of drug-likeness (QED) is 0.912. The van der Waals surface area contributed by atoms with Crippen molar-refractivity contribution in [3.05, 3.63) is 33.9 Å². The van der Waals surface area contributed by atoms with Gasteiger partial charge in [0.2, 0.25) is 0 Å². The fraction of sp³-hybridized carbons (Fsp3) is 0.462. The molecule has 0 fully saturated rings. The van der Waals surface area contributed by atoms with Crippen LogP contribution in [0.25, 0.3) is 0 Å². The van der Waals surface area contributed by atoms with Gasteiger partial charge in [-0.3, -0.25) is 0 Å². The van der Waals surface area contributed by atoms with Gasteiger partial charge < -0.3 is 5.32 Å². The lowest BCUT2D eigenvalue weighted by Crippen LogP contribution is -2.10. The summed E-state index contributed by atoms with van der Waals surface area (Å²) < 4.78 is 37.0. The van der Waals surface area contributed by atoms with Gasteiger partial charge >= 0.3 is 6.18 Å². The minimum Gasteiger partial charge on any atom is -0.364 e. The molecule has 21 heavy (non-hydrogen) atoms. The van der Waals surface area contributed by atoms with E-state index in [9.17, 15) is 13.2 Å². The maximum atomic E-state index is 12.3. The molecule has 2 rings (SSSR count). The van der Waals surface area contributed by atoms with E-state index in [-0.39, 0.29) is 0 Å². The smallest absolute Gasteiger partial charge is 0.364 e. The lowest BCUT2D eigenvalue weighted by Gasteiger charge is -2.06. The number of nitrogens with one attached hydrogen (secondary N) is 1. The minimum absolute atomic E-state index is 0.307. The van der Waals surface area contributed by atoms with Crippen LogP contribution >= 0.6 is 11.3 Å². The highest BCUT2D eigenvalue weighted by atomic mass is 32.1. The van der Waals surface area contributed by atoms with Gasteiger partial charge in [0.1, 0.15) is 5.82 Å². The Balaban J connectivity index is 1.92. The highest BCUT2D eigenvalue weighted by molar-refractivity contribution is 7.11. The summed E-state index contributed by atoms with van der Waals surface area (Å²) in [5.41, 5.74) is -0.995. The van der Waals surface area contributed by atoms with Gasteiger partial charge in [-0.25, -0.2) is 4.98 Å². The Morgan fingerprint density at radius 2 is 2.00 bits per heavy atom. The molecule has 0 saturated heterocycles. The van der Waals surface area contributed by atoms with Crippen molar-refractivity contribution in [3.63, 3.8) is 0 Å². The molecule has 0 amide bonds. The number of nitrogens with zero attached hydrogens (tertiary/aromatic N) is 3. The summed E-state index contributed by atoms with van der Waals surface area (Å²) in [4.78, 5) is 5.32. The van der Waals surface area contributed by atoms with Crippen molar-refractivity contribution < 1.29 is 13.2 Å². The number of aromatic nitrogens is 3. The maximum absolute atomic E-state index is 12.3. The van der Waals surface area contributed by atoms with Gasteiger partial charge in [0, 0.05) is 17.5 Å². The Morgan fingerprint density at radius 3 is 2.57 bits per heavy atom. The van der Waals surface area contributed by atoms with Gasteiger partial charge in [-0.05, 0) is 18.1 Å². The third-order valence-electron chi connectivity index (χ3n) is 2.58. The molecule has 2 aromatic heterocycles. The van der Waals surface area contributed by atoms with Crippen LogP contribution in [-0.2, 0) is 19.1 Å². The van der Waals surface area contributed by atoms with Crippen LogP contribution < -0.4 is 5.32 Å². The third-order valence-corrected chi connectivity index (χ3v) is 3.60. The Hall–Kier alpha value is -1.70. The molecule has 0 saturated carbocycles. The number of thiazole rings is 1. The van der Waals surface area contributed by atoms with Crippen molar-refractivity contribution in [1.82, 2.24) is 15.2 Å². The molecule has 0 aliphatic heterocycles. The largest absolute Gasteiger partial charge is 0.435 e. The lowest BCUT2D eigenvalue weighted by atomic mass is 10.1. The Kier molecular flexibility index (Phi) is 4.76. The van der Waals surface area contributed by atoms with Crippen LogP contribution in [0.15, 0.2) is 18.3 Å². The van der Waals surface area contributed by atoms with Crippen molar-refractivity contribution in [2.45, 2.75) is 33.0 Å². The predicted octanol–water partition coefficient (Wildman–Crippen LogP) is 3.76. The molecule has 0 atom stereocenters. The molecule has 1 N–H and O–H groups in total. The molecule has 0 aliphatic rings. The van der Waals surface area contributed by atoms with Crippen LogP contribution in [0.5, 0.6) is 0 Å². The average Bonchev–Trinajstić information content (AvgIpc) is 2.82. The third kappa shape index (κ3) is 4.66. The van der Waals surface area contributed by atoms with Crippen LogP contribution in [0.4, 0.5) is 19.0 Å². The van der Waals surface area contributed by atoms with E-state index in [1.165, 1.54) is 6.07 Å². The van der Waals surface area contributed by atoms with E-state index in [1.807, 2.05) is 0 Å². The van der Waals surface area contributed by atoms with Crippen molar-refractivity contribution in [1.29, 1.82) is 0 Å². The second-order valence-electron chi connectivity index (χ2n) is 4.97. The molecular weight excluding hydrogens is 301 g/mol. The molecule has 0 spiro atoms. The molecule has 0 unspecified atom stereocenters. The zero-order valence-corrected chi connectivity index (χ0v) is 12.4. The Morgan fingerprint density at radius 1 is 1.24 bits per heavy atom. The summed E-state index contributed by atoms with van der Waals surface area (Å²) in [6.45, 7) is 4.71. The first-order valence-corrected chi connectivity index (χ1v) is 7.24. The zero-order valence-electron chi connectivity index (χ0n) is 11.6. The second-order valence-corrected chi connectivity index (χ2v) is 6.17. The summed E-state index contributed by atoms with van der Waals surface area (Å²) in [6, 6.07) is 2.18. The predicted molar refractivity (Wildman–Crippen MR) is 75.0 cm³/mol. The average molecular weight is 316 g/mol. The van der Waals surface area contributed by atoms with Crippen LogP contribution in [0.1, 0.15) is 29.4 Å². The number of halogens is 3. The van der Waals surface area contributed by atoms with E-state index in [1.54, 1.807) is 17.5 Å². The van der Waals surface area contributed by atoms with E-state index in [0.717, 1.165) is 22.4 Å². The van der Waals surface area contributed by atoms with Crippen molar-refractivity contribution >= 4 is 17.2 Å². The first-order valence-electron chi connectivity index (χ1n) is 6.43. The van der Waals surface area contributed by atoms with Crippen LogP contribution in [0, 0.1) is 5.92 Å². The summed E-state index contributed by atoms with van der Waals surface area (Å²) in [5.74, 6) is 0.847. The summed E-state index contributed by atoms with van der Waals surface area (Å²) in [5, 5.41) is 10.7. The van der Waals surface area contributed by atoms with Gasteiger partial charge in [-0.15, -0.1) is 21.5 Å². The maximum Gasteiger partial charge on any atom is 0.435 e. The fourth-order valence-corrected chi connectivity index (χ4v) is 2.70. The molecule has 8 heteroatoms. The highest BCUT2D eigenvalue weighted by Crippen LogP contribution is 2.27. The first-order chi connectivity index (χ1) is 9.84. The normalized spacial score (nSPS) is 11.9. The molecule has 0 bridgehead atoms. The first kappa shape index (κ1) is 15.7. The van der Waals surface area contributed by atoms with Crippen LogP contribution in [-0.4, -0.2) is 15.2 Å². The molecule has 0 aliphatic carbocycles. The zero-order chi connectivity index (χ0) is 15.5. The number of anilines is 1. The number of alkyl halides is 3. The van der Waals surface area contributed by atoms with E-state index in [0.29, 0.717) is 18.3 Å².